The van der Waals surface area contributed by atoms with Crippen molar-refractivity contribution in [3.63, 3.8) is 0 Å². The SMILES string of the molecule is C=CC(C)NCC(=O)N(C)C(C)C. The van der Waals surface area contributed by atoms with Crippen molar-refractivity contribution in [2.45, 2.75) is 32.9 Å². The van der Waals surface area contributed by atoms with Gasteiger partial charge in [-0.25, -0.2) is 0 Å². The first-order valence-corrected chi connectivity index (χ1v) is 4.60. The summed E-state index contributed by atoms with van der Waals surface area (Å²) in [7, 11) is 1.81. The molecule has 0 aromatic carbocycles. The summed E-state index contributed by atoms with van der Waals surface area (Å²) in [5.74, 6) is 0.115. The number of amides is 1. The number of rotatable bonds is 5. The second kappa shape index (κ2) is 5.75. The van der Waals surface area contributed by atoms with Gasteiger partial charge in [0, 0.05) is 19.1 Å². The lowest BCUT2D eigenvalue weighted by Gasteiger charge is -2.22. The fourth-order valence-corrected chi connectivity index (χ4v) is 0.744. The first kappa shape index (κ1) is 12.2. The van der Waals surface area contributed by atoms with Crippen molar-refractivity contribution < 1.29 is 4.79 Å². The number of likely N-dealkylation sites (N-methyl/N-ethyl adjacent to an activating group) is 1. The van der Waals surface area contributed by atoms with Crippen LogP contribution in [0.5, 0.6) is 0 Å². The van der Waals surface area contributed by atoms with E-state index in [9.17, 15) is 4.79 Å². The molecular formula is C10H20N2O. The summed E-state index contributed by atoms with van der Waals surface area (Å²) in [5, 5.41) is 3.06. The Balaban J connectivity index is 3.80. The molecule has 0 spiro atoms. The summed E-state index contributed by atoms with van der Waals surface area (Å²) < 4.78 is 0. The van der Waals surface area contributed by atoms with Crippen molar-refractivity contribution >= 4 is 5.91 Å². The van der Waals surface area contributed by atoms with Crippen LogP contribution in [0.4, 0.5) is 0 Å². The number of nitrogens with one attached hydrogen (secondary N) is 1. The Labute approximate surface area is 80.8 Å². The number of hydrogen-bond donors (Lipinski definition) is 1. The Morgan fingerprint density at radius 1 is 1.54 bits per heavy atom. The molecular weight excluding hydrogens is 164 g/mol. The molecule has 1 N–H and O–H groups in total. The molecule has 0 aliphatic heterocycles. The van der Waals surface area contributed by atoms with Gasteiger partial charge in [0.05, 0.1) is 6.54 Å². The monoisotopic (exact) mass is 184 g/mol. The zero-order valence-corrected chi connectivity index (χ0v) is 9.00. The van der Waals surface area contributed by atoms with Crippen LogP contribution in [-0.2, 0) is 4.79 Å². The maximum absolute atomic E-state index is 11.4. The molecule has 76 valence electrons. The average Bonchev–Trinajstić information content (AvgIpc) is 2.11. The second-order valence-corrected chi connectivity index (χ2v) is 3.50. The van der Waals surface area contributed by atoms with Gasteiger partial charge in [0.2, 0.25) is 5.91 Å². The zero-order chi connectivity index (χ0) is 10.4. The van der Waals surface area contributed by atoms with Gasteiger partial charge in [0.1, 0.15) is 0 Å². The highest BCUT2D eigenvalue weighted by Crippen LogP contribution is 1.93. The zero-order valence-electron chi connectivity index (χ0n) is 9.00. The molecule has 0 radical (unpaired) electrons. The van der Waals surface area contributed by atoms with Crippen molar-refractivity contribution in [3.05, 3.63) is 12.7 Å². The van der Waals surface area contributed by atoms with E-state index in [4.69, 9.17) is 0 Å². The highest BCUT2D eigenvalue weighted by molar-refractivity contribution is 5.78. The minimum absolute atomic E-state index is 0.115. The number of carbonyl (C=O) groups excluding carboxylic acids is 1. The minimum Gasteiger partial charge on any atom is -0.342 e. The smallest absolute Gasteiger partial charge is 0.236 e. The van der Waals surface area contributed by atoms with Crippen LogP contribution in [0.3, 0.4) is 0 Å². The molecule has 3 nitrogen and oxygen atoms in total. The third-order valence-electron chi connectivity index (χ3n) is 2.10. The van der Waals surface area contributed by atoms with E-state index in [0.29, 0.717) is 6.54 Å². The van der Waals surface area contributed by atoms with Crippen LogP contribution in [0, 0.1) is 0 Å². The van der Waals surface area contributed by atoms with E-state index in [2.05, 4.69) is 11.9 Å². The van der Waals surface area contributed by atoms with Crippen LogP contribution in [0.25, 0.3) is 0 Å². The highest BCUT2D eigenvalue weighted by atomic mass is 16.2. The highest BCUT2D eigenvalue weighted by Gasteiger charge is 2.11. The fourth-order valence-electron chi connectivity index (χ4n) is 0.744. The van der Waals surface area contributed by atoms with Gasteiger partial charge in [-0.05, 0) is 20.8 Å². The topological polar surface area (TPSA) is 32.3 Å². The standard InChI is InChI=1S/C10H20N2O/c1-6-9(4)11-7-10(13)12(5)8(2)3/h6,8-9,11H,1,7H2,2-5H3. The van der Waals surface area contributed by atoms with Crippen molar-refractivity contribution in [3.8, 4) is 0 Å². The first-order chi connectivity index (χ1) is 5.99. The molecule has 0 fully saturated rings. The van der Waals surface area contributed by atoms with Crippen LogP contribution in [-0.4, -0.2) is 36.5 Å². The normalized spacial score (nSPS) is 12.7. The molecule has 1 amide bonds. The van der Waals surface area contributed by atoms with Gasteiger partial charge in [-0.1, -0.05) is 6.08 Å². The van der Waals surface area contributed by atoms with Gasteiger partial charge in [-0.2, -0.15) is 0 Å². The van der Waals surface area contributed by atoms with Crippen molar-refractivity contribution in [1.29, 1.82) is 0 Å². The first-order valence-electron chi connectivity index (χ1n) is 4.60. The Morgan fingerprint density at radius 3 is 2.46 bits per heavy atom. The van der Waals surface area contributed by atoms with Crippen molar-refractivity contribution in [2.75, 3.05) is 13.6 Å². The number of hydrogen-bond acceptors (Lipinski definition) is 2. The molecule has 0 bridgehead atoms. The van der Waals surface area contributed by atoms with E-state index in [1.807, 2.05) is 27.8 Å². The van der Waals surface area contributed by atoms with Gasteiger partial charge in [0.15, 0.2) is 0 Å². The van der Waals surface area contributed by atoms with Gasteiger partial charge >= 0.3 is 0 Å². The Bertz CT molecular complexity index is 178. The molecule has 0 aliphatic rings. The molecule has 0 aromatic heterocycles. The van der Waals surface area contributed by atoms with Gasteiger partial charge in [0.25, 0.3) is 0 Å². The van der Waals surface area contributed by atoms with Gasteiger partial charge < -0.3 is 10.2 Å². The minimum atomic E-state index is 0.115. The third kappa shape index (κ3) is 4.68. The van der Waals surface area contributed by atoms with Crippen LogP contribution in [0.1, 0.15) is 20.8 Å². The molecule has 0 heterocycles. The lowest BCUT2D eigenvalue weighted by Crippen LogP contribution is -2.41. The van der Waals surface area contributed by atoms with Gasteiger partial charge in [-0.15, -0.1) is 6.58 Å². The van der Waals surface area contributed by atoms with E-state index >= 15 is 0 Å². The summed E-state index contributed by atoms with van der Waals surface area (Å²) >= 11 is 0. The molecule has 0 rings (SSSR count). The molecule has 0 aromatic rings. The molecule has 3 heteroatoms. The van der Waals surface area contributed by atoms with Crippen LogP contribution < -0.4 is 5.32 Å². The van der Waals surface area contributed by atoms with Crippen LogP contribution >= 0.6 is 0 Å². The maximum Gasteiger partial charge on any atom is 0.236 e. The van der Waals surface area contributed by atoms with E-state index < -0.39 is 0 Å². The predicted molar refractivity (Wildman–Crippen MR) is 55.6 cm³/mol. The average molecular weight is 184 g/mol. The van der Waals surface area contributed by atoms with E-state index in [-0.39, 0.29) is 18.0 Å². The molecule has 1 atom stereocenters. The Kier molecular flexibility index (Phi) is 5.39. The lowest BCUT2D eigenvalue weighted by molar-refractivity contribution is -0.130. The molecule has 1 unspecified atom stereocenters. The Hall–Kier alpha value is -0.830. The van der Waals surface area contributed by atoms with E-state index in [1.54, 1.807) is 11.0 Å². The summed E-state index contributed by atoms with van der Waals surface area (Å²) in [6.07, 6.45) is 1.78. The third-order valence-corrected chi connectivity index (χ3v) is 2.10. The van der Waals surface area contributed by atoms with Gasteiger partial charge in [-0.3, -0.25) is 4.79 Å². The quantitative estimate of drug-likeness (QED) is 0.647. The largest absolute Gasteiger partial charge is 0.342 e. The summed E-state index contributed by atoms with van der Waals surface area (Å²) in [5.41, 5.74) is 0. The fraction of sp³-hybridized carbons (Fsp3) is 0.700. The van der Waals surface area contributed by atoms with Crippen LogP contribution in [0.2, 0.25) is 0 Å². The van der Waals surface area contributed by atoms with E-state index in [0.717, 1.165) is 0 Å². The molecule has 13 heavy (non-hydrogen) atoms. The lowest BCUT2D eigenvalue weighted by atomic mass is 10.3. The second-order valence-electron chi connectivity index (χ2n) is 3.50. The maximum atomic E-state index is 11.4. The predicted octanol–water partition coefficient (Wildman–Crippen LogP) is 1.02. The van der Waals surface area contributed by atoms with Crippen LogP contribution in [0.15, 0.2) is 12.7 Å². The number of nitrogens with zero attached hydrogens (tertiary/aromatic N) is 1. The summed E-state index contributed by atoms with van der Waals surface area (Å²) in [6.45, 7) is 9.97. The molecule has 0 saturated carbocycles. The van der Waals surface area contributed by atoms with Crippen molar-refractivity contribution in [2.24, 2.45) is 0 Å². The van der Waals surface area contributed by atoms with Crippen molar-refractivity contribution in [1.82, 2.24) is 10.2 Å². The summed E-state index contributed by atoms with van der Waals surface area (Å²) in [4.78, 5) is 13.2. The molecule has 0 aliphatic carbocycles. The molecule has 0 saturated heterocycles. The number of carbonyl (C=O) groups is 1. The summed E-state index contributed by atoms with van der Waals surface area (Å²) in [6, 6.07) is 0.442. The van der Waals surface area contributed by atoms with E-state index in [1.165, 1.54) is 0 Å². The Morgan fingerprint density at radius 2 is 2.08 bits per heavy atom.